The van der Waals surface area contributed by atoms with Gasteiger partial charge in [-0.1, -0.05) is 0 Å². The van der Waals surface area contributed by atoms with Gasteiger partial charge in [0.15, 0.2) is 0 Å². The van der Waals surface area contributed by atoms with Crippen LogP contribution in [0.25, 0.3) is 10.9 Å². The lowest BCUT2D eigenvalue weighted by atomic mass is 10.4. The van der Waals surface area contributed by atoms with Crippen LogP contribution in [0.15, 0.2) is 24.8 Å². The monoisotopic (exact) mass is 255 g/mol. The summed E-state index contributed by atoms with van der Waals surface area (Å²) in [5.41, 5.74) is -0.296. The van der Waals surface area contributed by atoms with Gasteiger partial charge >= 0.3 is 17.4 Å². The molecule has 0 N–H and O–H groups in total. The van der Waals surface area contributed by atoms with Crippen molar-refractivity contribution in [2.24, 2.45) is 0 Å². The van der Waals surface area contributed by atoms with Gasteiger partial charge in [0.05, 0.1) is 17.5 Å². The summed E-state index contributed by atoms with van der Waals surface area (Å²) in [6.45, 7) is 1.65. The van der Waals surface area contributed by atoms with Gasteiger partial charge in [0.2, 0.25) is 0 Å². The highest BCUT2D eigenvalue weighted by atomic mass is 32.1. The molecule has 0 amide bonds. The number of rotatable bonds is 3. The molecule has 0 bridgehead atoms. The Morgan fingerprint density at radius 1 is 1.47 bits per heavy atom. The normalized spacial score (nSPS) is 10.6. The summed E-state index contributed by atoms with van der Waals surface area (Å²) in [5.74, 6) is -1.40. The average Bonchev–Trinajstić information content (AvgIpc) is 2.73. The van der Waals surface area contributed by atoms with E-state index in [-0.39, 0.29) is 13.2 Å². The lowest BCUT2D eigenvalue weighted by Crippen LogP contribution is -2.28. The first-order valence-corrected chi connectivity index (χ1v) is 5.83. The number of carbonyl (C=O) groups excluding carboxylic acids is 1. The van der Waals surface area contributed by atoms with Crippen molar-refractivity contribution in [3.63, 3.8) is 0 Å². The minimum absolute atomic E-state index is 0.233. The summed E-state index contributed by atoms with van der Waals surface area (Å²) in [6, 6.07) is 0. The van der Waals surface area contributed by atoms with Gasteiger partial charge in [0.25, 0.3) is 0 Å². The fraction of sp³-hybridized carbons (Fsp3) is 0.300. The number of nitrogens with zero attached hydrogens (tertiary/aromatic N) is 1. The molecule has 2 aromatic rings. The molecular formula is C10H9NO5S. The van der Waals surface area contributed by atoms with Crippen molar-refractivity contribution < 1.29 is 13.9 Å². The molecule has 2 rings (SSSR count). The molecule has 0 spiro atoms. The zero-order chi connectivity index (χ0) is 12.4. The lowest BCUT2D eigenvalue weighted by molar-refractivity contribution is -0.143. The SMILES string of the molecule is CCOC(=O)Cn1c(=O)oc(=O)c2cscc21. The molecule has 17 heavy (non-hydrogen) atoms. The molecular weight excluding hydrogens is 246 g/mol. The van der Waals surface area contributed by atoms with E-state index >= 15 is 0 Å². The number of carbonyl (C=O) groups is 1. The summed E-state index contributed by atoms with van der Waals surface area (Å²) in [5, 5.41) is 3.48. The van der Waals surface area contributed by atoms with Crippen molar-refractivity contribution >= 4 is 28.2 Å². The van der Waals surface area contributed by atoms with E-state index in [0.29, 0.717) is 10.9 Å². The second-order valence-corrected chi connectivity index (χ2v) is 3.96. The molecule has 2 heterocycles. The minimum atomic E-state index is -0.853. The number of esters is 1. The third kappa shape index (κ3) is 2.14. The van der Waals surface area contributed by atoms with Crippen LogP contribution in [0.1, 0.15) is 6.92 Å². The third-order valence-electron chi connectivity index (χ3n) is 2.15. The van der Waals surface area contributed by atoms with Crippen molar-refractivity contribution in [2.45, 2.75) is 13.5 Å². The van der Waals surface area contributed by atoms with E-state index in [1.807, 2.05) is 0 Å². The largest absolute Gasteiger partial charge is 0.465 e. The summed E-state index contributed by atoms with van der Waals surface area (Å²) in [4.78, 5) is 34.1. The first kappa shape index (κ1) is 11.6. The molecule has 0 fully saturated rings. The van der Waals surface area contributed by atoms with Crippen LogP contribution < -0.4 is 11.4 Å². The van der Waals surface area contributed by atoms with Crippen molar-refractivity contribution in [1.29, 1.82) is 0 Å². The predicted molar refractivity (Wildman–Crippen MR) is 61.3 cm³/mol. The Kier molecular flexibility index (Phi) is 3.10. The molecule has 0 saturated heterocycles. The molecule has 0 aliphatic rings. The smallest absolute Gasteiger partial charge is 0.422 e. The first-order valence-electron chi connectivity index (χ1n) is 4.89. The number of aromatic nitrogens is 1. The molecule has 0 unspecified atom stereocenters. The second kappa shape index (κ2) is 4.54. The van der Waals surface area contributed by atoms with E-state index in [0.717, 1.165) is 4.57 Å². The van der Waals surface area contributed by atoms with Crippen LogP contribution in [0.5, 0.6) is 0 Å². The Morgan fingerprint density at radius 2 is 2.24 bits per heavy atom. The maximum absolute atomic E-state index is 11.5. The van der Waals surface area contributed by atoms with E-state index in [4.69, 9.17) is 4.74 Å². The van der Waals surface area contributed by atoms with Crippen LogP contribution >= 0.6 is 11.3 Å². The van der Waals surface area contributed by atoms with Crippen LogP contribution in [0.2, 0.25) is 0 Å². The van der Waals surface area contributed by atoms with E-state index in [9.17, 15) is 14.4 Å². The Bertz CT molecular complexity index is 665. The topological polar surface area (TPSA) is 78.5 Å². The fourth-order valence-corrected chi connectivity index (χ4v) is 2.23. The van der Waals surface area contributed by atoms with E-state index in [2.05, 4.69) is 4.42 Å². The fourth-order valence-electron chi connectivity index (χ4n) is 1.43. The predicted octanol–water partition coefficient (Wildman–Crippen LogP) is 0.579. The maximum atomic E-state index is 11.5. The molecule has 2 aromatic heterocycles. The highest BCUT2D eigenvalue weighted by Gasteiger charge is 2.13. The molecule has 7 heteroatoms. The number of hydrogen-bond acceptors (Lipinski definition) is 6. The molecule has 0 aliphatic heterocycles. The van der Waals surface area contributed by atoms with Gasteiger partial charge in [0.1, 0.15) is 6.54 Å². The van der Waals surface area contributed by atoms with Crippen LogP contribution in [0.3, 0.4) is 0 Å². The quantitative estimate of drug-likeness (QED) is 0.749. The van der Waals surface area contributed by atoms with Crippen molar-refractivity contribution in [2.75, 3.05) is 6.61 Å². The summed E-state index contributed by atoms with van der Waals surface area (Å²) < 4.78 is 10.3. The number of fused-ring (bicyclic) bond motifs is 1. The zero-order valence-corrected chi connectivity index (χ0v) is 9.78. The average molecular weight is 255 g/mol. The highest BCUT2D eigenvalue weighted by Crippen LogP contribution is 2.13. The minimum Gasteiger partial charge on any atom is -0.465 e. The lowest BCUT2D eigenvalue weighted by Gasteiger charge is -2.05. The first-order chi connectivity index (χ1) is 8.13. The van der Waals surface area contributed by atoms with E-state index in [1.54, 1.807) is 17.7 Å². The molecule has 90 valence electrons. The van der Waals surface area contributed by atoms with Crippen molar-refractivity contribution in [1.82, 2.24) is 4.57 Å². The molecule has 0 aliphatic carbocycles. The second-order valence-electron chi connectivity index (χ2n) is 3.22. The van der Waals surface area contributed by atoms with Crippen LogP contribution in [-0.2, 0) is 16.1 Å². The molecule has 0 atom stereocenters. The van der Waals surface area contributed by atoms with Crippen LogP contribution in [-0.4, -0.2) is 17.1 Å². The third-order valence-corrected chi connectivity index (χ3v) is 2.88. The van der Waals surface area contributed by atoms with Gasteiger partial charge in [-0.2, -0.15) is 0 Å². The summed E-state index contributed by atoms with van der Waals surface area (Å²) in [7, 11) is 0. The zero-order valence-electron chi connectivity index (χ0n) is 8.97. The Morgan fingerprint density at radius 3 is 2.94 bits per heavy atom. The molecule has 0 radical (unpaired) electrons. The molecule has 0 aromatic carbocycles. The highest BCUT2D eigenvalue weighted by molar-refractivity contribution is 7.09. The van der Waals surface area contributed by atoms with Gasteiger partial charge in [-0.3, -0.25) is 9.36 Å². The summed E-state index contributed by atoms with van der Waals surface area (Å²) in [6.07, 6.45) is 0. The van der Waals surface area contributed by atoms with Gasteiger partial charge < -0.3 is 9.15 Å². The van der Waals surface area contributed by atoms with E-state index in [1.165, 1.54) is 11.3 Å². The van der Waals surface area contributed by atoms with Gasteiger partial charge in [-0.15, -0.1) is 11.3 Å². The summed E-state index contributed by atoms with van der Waals surface area (Å²) >= 11 is 1.26. The van der Waals surface area contributed by atoms with Gasteiger partial charge in [-0.05, 0) is 6.92 Å². The van der Waals surface area contributed by atoms with E-state index < -0.39 is 17.4 Å². The van der Waals surface area contributed by atoms with Crippen molar-refractivity contribution in [3.8, 4) is 0 Å². The standard InChI is InChI=1S/C10H9NO5S/c1-2-15-8(12)3-11-7-5-17-4-6(7)9(13)16-10(11)14/h4-5H,2-3H2,1H3. The number of hydrogen-bond donors (Lipinski definition) is 0. The molecule has 0 saturated carbocycles. The molecule has 6 nitrogen and oxygen atoms in total. The Hall–Kier alpha value is -1.89. The Balaban J connectivity index is 2.53. The van der Waals surface area contributed by atoms with Gasteiger partial charge in [0, 0.05) is 10.8 Å². The number of ether oxygens (including phenoxy) is 1. The van der Waals surface area contributed by atoms with Crippen LogP contribution in [0, 0.1) is 0 Å². The van der Waals surface area contributed by atoms with Crippen molar-refractivity contribution in [3.05, 3.63) is 31.7 Å². The Labute approximate surface area is 99.0 Å². The number of thiophene rings is 1. The maximum Gasteiger partial charge on any atom is 0.422 e. The van der Waals surface area contributed by atoms with Crippen LogP contribution in [0.4, 0.5) is 0 Å². The van der Waals surface area contributed by atoms with Gasteiger partial charge in [-0.25, -0.2) is 9.59 Å².